The van der Waals surface area contributed by atoms with Gasteiger partial charge in [0.05, 0.1) is 24.3 Å². The minimum absolute atomic E-state index is 0.0240. The molecule has 2 aromatic heterocycles. The molecule has 5 aromatic rings. The summed E-state index contributed by atoms with van der Waals surface area (Å²) in [5.41, 5.74) is -0.0866. The summed E-state index contributed by atoms with van der Waals surface area (Å²) in [6.45, 7) is 3.93. The second-order valence-corrected chi connectivity index (χ2v) is 9.26. The van der Waals surface area contributed by atoms with Crippen molar-refractivity contribution < 1.29 is 23.8 Å². The van der Waals surface area contributed by atoms with Gasteiger partial charge in [0, 0.05) is 16.2 Å². The number of benzene rings is 3. The summed E-state index contributed by atoms with van der Waals surface area (Å²) >= 11 is 1.12. The SMILES string of the molecule is CCOC(=O)c1nn(-c2ccc(OCC)cc2)c(=O)c2c(NC(=O)COc3cccc4ccccc34)scc12. The molecule has 5 rings (SSSR count). The van der Waals surface area contributed by atoms with Gasteiger partial charge in [-0.25, -0.2) is 4.79 Å². The van der Waals surface area contributed by atoms with Gasteiger partial charge in [0.15, 0.2) is 12.3 Å². The van der Waals surface area contributed by atoms with E-state index in [1.54, 1.807) is 42.6 Å². The van der Waals surface area contributed by atoms with Crippen LogP contribution in [0.25, 0.3) is 27.2 Å². The summed E-state index contributed by atoms with van der Waals surface area (Å²) in [5.74, 6) is 0.0898. The van der Waals surface area contributed by atoms with Crippen molar-refractivity contribution in [1.82, 2.24) is 9.78 Å². The number of carbonyl (C=O) groups excluding carboxylic acids is 2. The van der Waals surface area contributed by atoms with Gasteiger partial charge >= 0.3 is 5.97 Å². The Bertz CT molecular complexity index is 1720. The molecule has 0 atom stereocenters. The van der Waals surface area contributed by atoms with E-state index in [2.05, 4.69) is 10.4 Å². The predicted octanol–water partition coefficient (Wildman–Crippen LogP) is 5.19. The molecule has 0 saturated carbocycles. The Kier molecular flexibility index (Phi) is 7.55. The first-order valence-electron chi connectivity index (χ1n) is 12.4. The number of esters is 1. The number of thiophene rings is 1. The van der Waals surface area contributed by atoms with Crippen molar-refractivity contribution in [3.05, 3.63) is 88.2 Å². The fourth-order valence-corrected chi connectivity index (χ4v) is 5.10. The molecule has 10 heteroatoms. The normalized spacial score (nSPS) is 10.9. The third kappa shape index (κ3) is 5.32. The van der Waals surface area contributed by atoms with Gasteiger partial charge in [-0.3, -0.25) is 9.59 Å². The van der Waals surface area contributed by atoms with Crippen LogP contribution in [-0.2, 0) is 9.53 Å². The van der Waals surface area contributed by atoms with Crippen molar-refractivity contribution in [2.45, 2.75) is 13.8 Å². The maximum absolute atomic E-state index is 13.6. The third-order valence-corrected chi connectivity index (χ3v) is 6.77. The molecular formula is C29H25N3O6S. The van der Waals surface area contributed by atoms with Gasteiger partial charge in [0.25, 0.3) is 11.5 Å². The second kappa shape index (κ2) is 11.4. The lowest BCUT2D eigenvalue weighted by atomic mass is 10.1. The molecule has 1 N–H and O–H groups in total. The molecule has 0 bridgehead atoms. The lowest BCUT2D eigenvalue weighted by Gasteiger charge is -2.11. The minimum atomic E-state index is -0.669. The van der Waals surface area contributed by atoms with Crippen LogP contribution in [0.3, 0.4) is 0 Å². The highest BCUT2D eigenvalue weighted by Gasteiger charge is 2.23. The van der Waals surface area contributed by atoms with Crippen molar-refractivity contribution in [3.63, 3.8) is 0 Å². The van der Waals surface area contributed by atoms with Crippen LogP contribution in [0.2, 0.25) is 0 Å². The Morgan fingerprint density at radius 2 is 1.69 bits per heavy atom. The lowest BCUT2D eigenvalue weighted by molar-refractivity contribution is -0.118. The molecule has 0 aliphatic carbocycles. The van der Waals surface area contributed by atoms with Crippen molar-refractivity contribution in [3.8, 4) is 17.2 Å². The lowest BCUT2D eigenvalue weighted by Crippen LogP contribution is -2.26. The number of carbonyl (C=O) groups is 2. The van der Waals surface area contributed by atoms with E-state index < -0.39 is 17.4 Å². The molecule has 3 aromatic carbocycles. The van der Waals surface area contributed by atoms with E-state index in [0.29, 0.717) is 29.2 Å². The van der Waals surface area contributed by atoms with E-state index in [1.807, 2.05) is 43.3 Å². The first-order chi connectivity index (χ1) is 19.0. The van der Waals surface area contributed by atoms with E-state index in [1.165, 1.54) is 0 Å². The number of fused-ring (bicyclic) bond motifs is 2. The molecule has 0 radical (unpaired) electrons. The molecule has 0 saturated heterocycles. The Morgan fingerprint density at radius 1 is 0.923 bits per heavy atom. The molecule has 0 fully saturated rings. The minimum Gasteiger partial charge on any atom is -0.494 e. The summed E-state index contributed by atoms with van der Waals surface area (Å²) in [7, 11) is 0. The van der Waals surface area contributed by atoms with Gasteiger partial charge in [-0.05, 0) is 49.6 Å². The van der Waals surface area contributed by atoms with Gasteiger partial charge < -0.3 is 19.5 Å². The second-order valence-electron chi connectivity index (χ2n) is 8.38. The number of ether oxygens (including phenoxy) is 3. The Labute approximate surface area is 227 Å². The van der Waals surface area contributed by atoms with E-state index in [0.717, 1.165) is 26.8 Å². The number of nitrogens with one attached hydrogen (secondary N) is 1. The Morgan fingerprint density at radius 3 is 2.46 bits per heavy atom. The standard InChI is InChI=1S/C29H25N3O6S/c1-3-36-20-14-12-19(13-15-20)32-28(34)25-22(26(31-32)29(35)37-4-2)17-39-27(25)30-24(33)16-38-23-11-7-9-18-8-5-6-10-21(18)23/h5-15,17H,3-4,16H2,1-2H3,(H,30,33). The largest absolute Gasteiger partial charge is 0.494 e. The van der Waals surface area contributed by atoms with Gasteiger partial charge in [0.2, 0.25) is 0 Å². The molecule has 0 unspecified atom stereocenters. The monoisotopic (exact) mass is 543 g/mol. The summed E-state index contributed by atoms with van der Waals surface area (Å²) in [5, 5.41) is 11.3. The van der Waals surface area contributed by atoms with Gasteiger partial charge in [0.1, 0.15) is 16.5 Å². The van der Waals surface area contributed by atoms with Gasteiger partial charge in [-0.1, -0.05) is 36.4 Å². The first kappa shape index (κ1) is 25.9. The van der Waals surface area contributed by atoms with Crippen LogP contribution in [0.1, 0.15) is 24.3 Å². The number of rotatable bonds is 9. The predicted molar refractivity (Wildman–Crippen MR) is 150 cm³/mol. The van der Waals surface area contributed by atoms with Crippen LogP contribution in [0, 0.1) is 0 Å². The zero-order valence-electron chi connectivity index (χ0n) is 21.3. The highest BCUT2D eigenvalue weighted by molar-refractivity contribution is 7.16. The summed E-state index contributed by atoms with van der Waals surface area (Å²) < 4.78 is 17.6. The van der Waals surface area contributed by atoms with Crippen LogP contribution >= 0.6 is 11.3 Å². The number of nitrogens with zero attached hydrogens (tertiary/aromatic N) is 2. The summed E-state index contributed by atoms with van der Waals surface area (Å²) in [6.07, 6.45) is 0. The van der Waals surface area contributed by atoms with E-state index in [9.17, 15) is 14.4 Å². The number of aromatic nitrogens is 2. The molecule has 9 nitrogen and oxygen atoms in total. The maximum atomic E-state index is 13.6. The fourth-order valence-electron chi connectivity index (χ4n) is 4.14. The van der Waals surface area contributed by atoms with Crippen molar-refractivity contribution >= 4 is 49.8 Å². The summed E-state index contributed by atoms with van der Waals surface area (Å²) in [4.78, 5) is 39.3. The molecule has 0 spiro atoms. The molecule has 39 heavy (non-hydrogen) atoms. The van der Waals surface area contributed by atoms with E-state index in [4.69, 9.17) is 14.2 Å². The van der Waals surface area contributed by atoms with Crippen molar-refractivity contribution in [2.24, 2.45) is 0 Å². The molecule has 2 heterocycles. The first-order valence-corrected chi connectivity index (χ1v) is 13.2. The molecule has 198 valence electrons. The fraction of sp³-hybridized carbons (Fsp3) is 0.172. The van der Waals surface area contributed by atoms with E-state index in [-0.39, 0.29) is 29.3 Å². The third-order valence-electron chi connectivity index (χ3n) is 5.87. The molecule has 0 aliphatic rings. The van der Waals surface area contributed by atoms with E-state index >= 15 is 0 Å². The Hall–Kier alpha value is -4.70. The van der Waals surface area contributed by atoms with Crippen LogP contribution in [0.4, 0.5) is 5.00 Å². The number of amides is 1. The Balaban J connectivity index is 1.48. The number of anilines is 1. The average Bonchev–Trinajstić information content (AvgIpc) is 3.37. The maximum Gasteiger partial charge on any atom is 0.359 e. The highest BCUT2D eigenvalue weighted by atomic mass is 32.1. The van der Waals surface area contributed by atoms with Crippen molar-refractivity contribution in [2.75, 3.05) is 25.1 Å². The highest BCUT2D eigenvalue weighted by Crippen LogP contribution is 2.31. The zero-order chi connectivity index (χ0) is 27.4. The van der Waals surface area contributed by atoms with Crippen molar-refractivity contribution in [1.29, 1.82) is 0 Å². The van der Waals surface area contributed by atoms with Gasteiger partial charge in [-0.2, -0.15) is 9.78 Å². The molecular weight excluding hydrogens is 518 g/mol. The number of hydrogen-bond donors (Lipinski definition) is 1. The van der Waals surface area contributed by atoms with Crippen LogP contribution in [0.5, 0.6) is 11.5 Å². The van der Waals surface area contributed by atoms with Crippen LogP contribution < -0.4 is 20.3 Å². The summed E-state index contributed by atoms with van der Waals surface area (Å²) in [6, 6.07) is 20.1. The number of hydrogen-bond acceptors (Lipinski definition) is 8. The molecule has 1 amide bonds. The van der Waals surface area contributed by atoms with Gasteiger partial charge in [-0.15, -0.1) is 11.3 Å². The zero-order valence-corrected chi connectivity index (χ0v) is 22.1. The topological polar surface area (TPSA) is 109 Å². The molecule has 0 aliphatic heterocycles. The van der Waals surface area contributed by atoms with Crippen LogP contribution in [-0.4, -0.2) is 41.5 Å². The quantitative estimate of drug-likeness (QED) is 0.255. The smallest absolute Gasteiger partial charge is 0.359 e. The average molecular weight is 544 g/mol. The van der Waals surface area contributed by atoms with Crippen LogP contribution in [0.15, 0.2) is 76.9 Å².